The summed E-state index contributed by atoms with van der Waals surface area (Å²) in [5.74, 6) is -3.45. The van der Waals surface area contributed by atoms with E-state index in [0.717, 1.165) is 13.8 Å². The van der Waals surface area contributed by atoms with Gasteiger partial charge in [-0.15, -0.1) is 0 Å². The summed E-state index contributed by atoms with van der Waals surface area (Å²) >= 11 is 0. The molecule has 0 aliphatic heterocycles. The largest absolute Gasteiger partial charge is 0.507 e. The van der Waals surface area contributed by atoms with E-state index in [0.29, 0.717) is 0 Å². The number of phenolic OH excluding ortho intramolecular Hbond substituents is 1. The summed E-state index contributed by atoms with van der Waals surface area (Å²) in [7, 11) is 0. The Balaban J connectivity index is 2.08. The molecule has 3 aliphatic carbocycles. The fraction of sp³-hybridized carbons (Fsp3) is 0.348. The molecule has 0 fully saturated rings. The Morgan fingerprint density at radius 1 is 1.18 bits per heavy atom. The standard InChI is InChI=1S/C23H20N2O9/c1-4-11(28)34-21-16-14(20(31)22(23(21,3)32)33-8(2)26)13-15(17(16)25-24)19(30)12-9(18(13)29)6-5-7-10(12)27/h5-7,20-22,31-32H,4H2,1-3H3,(H-,27,29,30)/p+1/t20-,21+,22+,23-/m0/s1. The number of diazo groups is 1. The molecule has 0 radical (unpaired) electrons. The lowest BCUT2D eigenvalue weighted by Gasteiger charge is -2.44. The highest BCUT2D eigenvalue weighted by atomic mass is 16.6. The molecule has 0 aromatic heterocycles. The first-order valence-corrected chi connectivity index (χ1v) is 10.4. The number of rotatable bonds is 3. The number of ketones is 1. The molecular weight excluding hydrogens is 448 g/mol. The monoisotopic (exact) mass is 469 g/mol. The number of aliphatic hydroxyl groups excluding tert-OH is 2. The van der Waals surface area contributed by atoms with Crippen LogP contribution < -0.4 is 0 Å². The van der Waals surface area contributed by atoms with Crippen molar-refractivity contribution in [2.24, 2.45) is 0 Å². The van der Waals surface area contributed by atoms with Gasteiger partial charge in [0, 0.05) is 30.1 Å². The van der Waals surface area contributed by atoms with Crippen LogP contribution in [0.4, 0.5) is 0 Å². The number of aromatic hydroxyl groups is 1. The van der Waals surface area contributed by atoms with E-state index in [2.05, 4.69) is 4.98 Å². The van der Waals surface area contributed by atoms with Crippen LogP contribution in [0, 0.1) is 5.39 Å². The van der Waals surface area contributed by atoms with Gasteiger partial charge in [0.2, 0.25) is 11.2 Å². The highest BCUT2D eigenvalue weighted by molar-refractivity contribution is 6.22. The van der Waals surface area contributed by atoms with Gasteiger partial charge in [0.1, 0.15) is 28.8 Å². The molecule has 11 heteroatoms. The van der Waals surface area contributed by atoms with Gasteiger partial charge >= 0.3 is 17.6 Å². The molecule has 0 heterocycles. The number of hydrogen-bond donors (Lipinski definition) is 4. The SMILES string of the molecule is CCC(=O)O[C@@H]1C2=C(C3=C(O)c4cccc(O)c4C(=O)C3=C2[N+]#N)[C@H](O)[C@@H](OC(C)=O)[C@@]1(C)O. The topological polar surface area (TPSA) is 179 Å². The van der Waals surface area contributed by atoms with Gasteiger partial charge in [0.25, 0.3) is 0 Å². The molecule has 11 nitrogen and oxygen atoms in total. The fourth-order valence-corrected chi connectivity index (χ4v) is 4.70. The Hall–Kier alpha value is -4.01. The molecule has 0 spiro atoms. The third-order valence-electron chi connectivity index (χ3n) is 6.17. The lowest BCUT2D eigenvalue weighted by atomic mass is 9.73. The van der Waals surface area contributed by atoms with Gasteiger partial charge in [-0.3, -0.25) is 14.4 Å². The molecule has 0 unspecified atom stereocenters. The highest BCUT2D eigenvalue weighted by Gasteiger charge is 2.63. The molecule has 3 aliphatic rings. The van der Waals surface area contributed by atoms with Crippen LogP contribution in [0.2, 0.25) is 0 Å². The maximum atomic E-state index is 13.4. The van der Waals surface area contributed by atoms with Gasteiger partial charge in [0.05, 0.1) is 11.1 Å². The molecule has 1 aromatic carbocycles. The zero-order valence-electron chi connectivity index (χ0n) is 18.4. The molecule has 0 saturated carbocycles. The number of esters is 2. The van der Waals surface area contributed by atoms with E-state index < -0.39 is 58.8 Å². The molecule has 1 aromatic rings. The normalized spacial score (nSPS) is 27.6. The maximum Gasteiger partial charge on any atom is 0.404 e. The summed E-state index contributed by atoms with van der Waals surface area (Å²) in [5, 5.41) is 53.7. The minimum atomic E-state index is -2.23. The van der Waals surface area contributed by atoms with Crippen molar-refractivity contribution < 1.29 is 44.3 Å². The van der Waals surface area contributed by atoms with Crippen LogP contribution in [0.5, 0.6) is 5.75 Å². The van der Waals surface area contributed by atoms with Crippen molar-refractivity contribution in [1.82, 2.24) is 0 Å². The van der Waals surface area contributed by atoms with Crippen LogP contribution in [0.1, 0.15) is 43.1 Å². The number of nitrogens with zero attached hydrogens (tertiary/aromatic N) is 2. The average molecular weight is 469 g/mol. The van der Waals surface area contributed by atoms with Crippen LogP contribution in [-0.4, -0.2) is 62.1 Å². The van der Waals surface area contributed by atoms with E-state index in [9.17, 15) is 40.2 Å². The zero-order valence-corrected chi connectivity index (χ0v) is 18.4. The lowest BCUT2D eigenvalue weighted by molar-refractivity contribution is -0.201. The summed E-state index contributed by atoms with van der Waals surface area (Å²) in [5.41, 5.74) is -4.09. The molecule has 176 valence electrons. The number of carbonyl (C=O) groups is 3. The van der Waals surface area contributed by atoms with E-state index in [1.165, 1.54) is 25.1 Å². The zero-order chi connectivity index (χ0) is 25.1. The second-order valence-corrected chi connectivity index (χ2v) is 8.33. The fourth-order valence-electron chi connectivity index (χ4n) is 4.70. The summed E-state index contributed by atoms with van der Waals surface area (Å²) in [6.45, 7) is 3.70. The molecule has 0 bridgehead atoms. The van der Waals surface area contributed by atoms with Crippen molar-refractivity contribution in [2.45, 2.75) is 51.1 Å². The van der Waals surface area contributed by atoms with E-state index in [4.69, 9.17) is 9.47 Å². The first kappa shape index (κ1) is 23.2. The van der Waals surface area contributed by atoms with E-state index in [1.54, 1.807) is 0 Å². The lowest BCUT2D eigenvalue weighted by Crippen LogP contribution is -2.61. The van der Waals surface area contributed by atoms with Crippen LogP contribution >= 0.6 is 0 Å². The minimum absolute atomic E-state index is 0.0505. The van der Waals surface area contributed by atoms with Gasteiger partial charge < -0.3 is 29.9 Å². The molecule has 0 amide bonds. The first-order chi connectivity index (χ1) is 16.0. The Bertz CT molecular complexity index is 1300. The van der Waals surface area contributed by atoms with Gasteiger partial charge in [-0.25, -0.2) is 0 Å². The summed E-state index contributed by atoms with van der Waals surface area (Å²) in [4.78, 5) is 40.6. The molecule has 4 rings (SSSR count). The summed E-state index contributed by atoms with van der Waals surface area (Å²) < 4.78 is 10.6. The molecule has 4 atom stereocenters. The van der Waals surface area contributed by atoms with E-state index >= 15 is 0 Å². The van der Waals surface area contributed by atoms with E-state index in [-0.39, 0.29) is 39.8 Å². The Kier molecular flexibility index (Phi) is 5.31. The smallest absolute Gasteiger partial charge is 0.404 e. The van der Waals surface area contributed by atoms with Crippen molar-refractivity contribution in [2.75, 3.05) is 0 Å². The van der Waals surface area contributed by atoms with Gasteiger partial charge in [-0.05, 0) is 13.0 Å². The third kappa shape index (κ3) is 3.03. The molecule has 34 heavy (non-hydrogen) atoms. The van der Waals surface area contributed by atoms with Crippen LogP contribution in [0.15, 0.2) is 46.2 Å². The number of benzene rings is 1. The number of fused-ring (bicyclic) bond motifs is 3. The predicted octanol–water partition coefficient (Wildman–Crippen LogP) is 1.65. The van der Waals surface area contributed by atoms with Gasteiger partial charge in [-0.2, -0.15) is 0 Å². The van der Waals surface area contributed by atoms with Crippen molar-refractivity contribution in [3.8, 4) is 5.75 Å². The number of hydrogen-bond acceptors (Lipinski definition) is 10. The number of allylic oxidation sites excluding steroid dienone is 1. The molecule has 4 N–H and O–H groups in total. The van der Waals surface area contributed by atoms with Crippen molar-refractivity contribution in [1.29, 1.82) is 5.39 Å². The molecular formula is C23H21N2O9+. The predicted molar refractivity (Wildman–Crippen MR) is 113 cm³/mol. The molecule has 0 saturated heterocycles. The van der Waals surface area contributed by atoms with Crippen molar-refractivity contribution >= 4 is 23.5 Å². The highest BCUT2D eigenvalue weighted by Crippen LogP contribution is 2.54. The van der Waals surface area contributed by atoms with Gasteiger partial charge in [-0.1, -0.05) is 19.1 Å². The minimum Gasteiger partial charge on any atom is -0.507 e. The van der Waals surface area contributed by atoms with Crippen molar-refractivity contribution in [3.63, 3.8) is 0 Å². The number of Topliss-reactive ketones (excluding diaryl/α,β-unsaturated/α-hetero) is 1. The summed E-state index contributed by atoms with van der Waals surface area (Å²) in [6.07, 6.45) is -5.26. The third-order valence-corrected chi connectivity index (χ3v) is 6.17. The Morgan fingerprint density at radius 3 is 2.44 bits per heavy atom. The maximum absolute atomic E-state index is 13.4. The van der Waals surface area contributed by atoms with Crippen LogP contribution in [-0.2, 0) is 19.1 Å². The second kappa shape index (κ2) is 7.79. The quantitative estimate of drug-likeness (QED) is 0.376. The second-order valence-electron chi connectivity index (χ2n) is 8.33. The number of phenols is 1. The summed E-state index contributed by atoms with van der Waals surface area (Å²) in [6, 6.07) is 3.99. The Labute approximate surface area is 192 Å². The van der Waals surface area contributed by atoms with Crippen LogP contribution in [0.25, 0.3) is 10.7 Å². The first-order valence-electron chi connectivity index (χ1n) is 10.4. The van der Waals surface area contributed by atoms with E-state index in [1.807, 2.05) is 0 Å². The van der Waals surface area contributed by atoms with Gasteiger partial charge in [0.15, 0.2) is 17.2 Å². The number of aliphatic hydroxyl groups is 3. The number of carbonyl (C=O) groups excluding carboxylic acids is 3. The Morgan fingerprint density at radius 2 is 1.85 bits per heavy atom. The van der Waals surface area contributed by atoms with Crippen LogP contribution in [0.3, 0.4) is 0 Å². The average Bonchev–Trinajstić information content (AvgIpc) is 3.13. The van der Waals surface area contributed by atoms with Crippen molar-refractivity contribution in [3.05, 3.63) is 62.3 Å². The number of ether oxygens (including phenoxy) is 2.